The Labute approximate surface area is 128 Å². The van der Waals surface area contributed by atoms with Gasteiger partial charge < -0.3 is 10.1 Å². The van der Waals surface area contributed by atoms with Crippen LogP contribution in [0, 0.1) is 5.82 Å². The highest BCUT2D eigenvalue weighted by Crippen LogP contribution is 2.27. The largest absolute Gasteiger partial charge is 0.496 e. The van der Waals surface area contributed by atoms with Crippen LogP contribution >= 0.6 is 27.5 Å². The second-order valence-corrected chi connectivity index (χ2v) is 5.21. The van der Waals surface area contributed by atoms with Gasteiger partial charge in [-0.2, -0.15) is 0 Å². The van der Waals surface area contributed by atoms with Gasteiger partial charge in [0.15, 0.2) is 0 Å². The molecule has 6 heteroatoms. The van der Waals surface area contributed by atoms with Gasteiger partial charge in [0, 0.05) is 9.50 Å². The number of methoxy groups -OCH3 is 1. The summed E-state index contributed by atoms with van der Waals surface area (Å²) < 4.78 is 18.9. The van der Waals surface area contributed by atoms with Gasteiger partial charge in [-0.25, -0.2) is 4.39 Å². The van der Waals surface area contributed by atoms with Gasteiger partial charge in [-0.05, 0) is 52.3 Å². The molecule has 1 amide bonds. The molecule has 0 bridgehead atoms. The molecule has 0 radical (unpaired) electrons. The van der Waals surface area contributed by atoms with E-state index in [1.807, 2.05) is 0 Å². The Morgan fingerprint density at radius 2 is 2.05 bits per heavy atom. The smallest absolute Gasteiger partial charge is 0.259 e. The standard InChI is InChI=1S/C14H10BrClFNO2/c1-20-13-6-8(16)2-4-10(13)14(19)18-12-7-9(17)3-5-11(12)15/h2-7H,1H3,(H,18,19). The lowest BCUT2D eigenvalue weighted by Gasteiger charge is -2.11. The lowest BCUT2D eigenvalue weighted by molar-refractivity contribution is 0.102. The van der Waals surface area contributed by atoms with Crippen molar-refractivity contribution in [2.75, 3.05) is 12.4 Å². The van der Waals surface area contributed by atoms with Crippen molar-refractivity contribution >= 4 is 39.1 Å². The second-order valence-electron chi connectivity index (χ2n) is 3.92. The zero-order chi connectivity index (χ0) is 14.7. The van der Waals surface area contributed by atoms with Crippen LogP contribution in [0.2, 0.25) is 5.02 Å². The number of amides is 1. The van der Waals surface area contributed by atoms with E-state index in [9.17, 15) is 9.18 Å². The van der Waals surface area contributed by atoms with Crippen LogP contribution in [0.3, 0.4) is 0 Å². The van der Waals surface area contributed by atoms with Crippen molar-refractivity contribution in [3.05, 3.63) is 57.3 Å². The summed E-state index contributed by atoms with van der Waals surface area (Å²) in [5.41, 5.74) is 0.653. The van der Waals surface area contributed by atoms with E-state index in [0.29, 0.717) is 26.5 Å². The summed E-state index contributed by atoms with van der Waals surface area (Å²) in [7, 11) is 1.44. The molecule has 0 fully saturated rings. The third-order valence-corrected chi connectivity index (χ3v) is 3.51. The van der Waals surface area contributed by atoms with Crippen LogP contribution in [0.4, 0.5) is 10.1 Å². The molecule has 0 aromatic heterocycles. The average Bonchev–Trinajstić information content (AvgIpc) is 2.42. The van der Waals surface area contributed by atoms with Crippen molar-refractivity contribution in [1.29, 1.82) is 0 Å². The molecule has 2 aromatic rings. The summed E-state index contributed by atoms with van der Waals surface area (Å²) >= 11 is 9.08. The molecular formula is C14H10BrClFNO2. The highest BCUT2D eigenvalue weighted by atomic mass is 79.9. The van der Waals surface area contributed by atoms with E-state index in [4.69, 9.17) is 16.3 Å². The monoisotopic (exact) mass is 357 g/mol. The summed E-state index contributed by atoms with van der Waals surface area (Å²) in [5, 5.41) is 3.08. The molecule has 0 saturated carbocycles. The van der Waals surface area contributed by atoms with E-state index >= 15 is 0 Å². The Hall–Kier alpha value is -1.59. The zero-order valence-corrected chi connectivity index (χ0v) is 12.8. The minimum atomic E-state index is -0.438. The molecule has 20 heavy (non-hydrogen) atoms. The Morgan fingerprint density at radius 1 is 1.30 bits per heavy atom. The molecule has 0 aliphatic rings. The molecule has 0 aliphatic carbocycles. The molecule has 3 nitrogen and oxygen atoms in total. The van der Waals surface area contributed by atoms with Gasteiger partial charge in [-0.15, -0.1) is 0 Å². The van der Waals surface area contributed by atoms with Gasteiger partial charge in [-0.3, -0.25) is 4.79 Å². The third kappa shape index (κ3) is 3.29. The first-order valence-electron chi connectivity index (χ1n) is 5.61. The number of halogens is 3. The van der Waals surface area contributed by atoms with Gasteiger partial charge in [0.2, 0.25) is 0 Å². The maximum absolute atomic E-state index is 13.2. The summed E-state index contributed by atoms with van der Waals surface area (Å²) in [6.45, 7) is 0. The number of nitrogens with one attached hydrogen (secondary N) is 1. The first kappa shape index (κ1) is 14.8. The molecule has 0 unspecified atom stereocenters. The Kier molecular flexibility index (Phi) is 4.62. The summed E-state index contributed by atoms with van der Waals surface area (Å²) in [4.78, 5) is 12.2. The fourth-order valence-electron chi connectivity index (χ4n) is 1.64. The molecule has 2 rings (SSSR count). The van der Waals surface area contributed by atoms with Gasteiger partial charge in [0.05, 0.1) is 18.4 Å². The average molecular weight is 359 g/mol. The summed E-state index contributed by atoms with van der Waals surface area (Å²) in [5.74, 6) is -0.501. The molecule has 0 atom stereocenters. The first-order valence-corrected chi connectivity index (χ1v) is 6.78. The molecule has 0 saturated heterocycles. The molecule has 104 valence electrons. The van der Waals surface area contributed by atoms with Crippen LogP contribution < -0.4 is 10.1 Å². The Bertz CT molecular complexity index is 664. The summed E-state index contributed by atoms with van der Waals surface area (Å²) in [6, 6.07) is 8.71. The van der Waals surface area contributed by atoms with E-state index in [1.165, 1.54) is 31.4 Å². The van der Waals surface area contributed by atoms with E-state index in [1.54, 1.807) is 12.1 Å². The summed E-state index contributed by atoms with van der Waals surface area (Å²) in [6.07, 6.45) is 0. The van der Waals surface area contributed by atoms with Gasteiger partial charge in [0.1, 0.15) is 11.6 Å². The van der Waals surface area contributed by atoms with Crippen LogP contribution in [0.5, 0.6) is 5.75 Å². The number of carbonyl (C=O) groups excluding carboxylic acids is 1. The Balaban J connectivity index is 2.30. The quantitative estimate of drug-likeness (QED) is 0.877. The van der Waals surface area contributed by atoms with Crippen LogP contribution in [0.15, 0.2) is 40.9 Å². The second kappa shape index (κ2) is 6.24. The van der Waals surface area contributed by atoms with Crippen molar-refractivity contribution in [3.63, 3.8) is 0 Å². The van der Waals surface area contributed by atoms with E-state index in [0.717, 1.165) is 0 Å². The Morgan fingerprint density at radius 3 is 2.75 bits per heavy atom. The van der Waals surface area contributed by atoms with Crippen molar-refractivity contribution in [3.8, 4) is 5.75 Å². The fourth-order valence-corrected chi connectivity index (χ4v) is 2.14. The first-order chi connectivity index (χ1) is 9.51. The molecule has 0 heterocycles. The normalized spacial score (nSPS) is 10.2. The topological polar surface area (TPSA) is 38.3 Å². The number of hydrogen-bond donors (Lipinski definition) is 1. The third-order valence-electron chi connectivity index (χ3n) is 2.58. The maximum Gasteiger partial charge on any atom is 0.259 e. The molecule has 1 N–H and O–H groups in total. The van der Waals surface area contributed by atoms with Crippen molar-refractivity contribution in [2.45, 2.75) is 0 Å². The number of rotatable bonds is 3. The lowest BCUT2D eigenvalue weighted by atomic mass is 10.2. The molecule has 0 aliphatic heterocycles. The van der Waals surface area contributed by atoms with Crippen LogP contribution in [-0.4, -0.2) is 13.0 Å². The maximum atomic E-state index is 13.2. The number of benzene rings is 2. The lowest BCUT2D eigenvalue weighted by Crippen LogP contribution is -2.13. The van der Waals surface area contributed by atoms with E-state index in [2.05, 4.69) is 21.2 Å². The SMILES string of the molecule is COc1cc(Cl)ccc1C(=O)Nc1cc(F)ccc1Br. The van der Waals surface area contributed by atoms with Crippen molar-refractivity contribution < 1.29 is 13.9 Å². The number of hydrogen-bond acceptors (Lipinski definition) is 2. The highest BCUT2D eigenvalue weighted by Gasteiger charge is 2.14. The van der Waals surface area contributed by atoms with Crippen LogP contribution in [0.25, 0.3) is 0 Å². The van der Waals surface area contributed by atoms with E-state index < -0.39 is 11.7 Å². The van der Waals surface area contributed by atoms with Crippen LogP contribution in [0.1, 0.15) is 10.4 Å². The van der Waals surface area contributed by atoms with E-state index in [-0.39, 0.29) is 0 Å². The molecular weight excluding hydrogens is 349 g/mol. The van der Waals surface area contributed by atoms with Crippen molar-refractivity contribution in [2.24, 2.45) is 0 Å². The van der Waals surface area contributed by atoms with Crippen LogP contribution in [-0.2, 0) is 0 Å². The minimum absolute atomic E-state index is 0.313. The number of anilines is 1. The fraction of sp³-hybridized carbons (Fsp3) is 0.0714. The predicted molar refractivity (Wildman–Crippen MR) is 80.1 cm³/mol. The molecule has 2 aromatic carbocycles. The van der Waals surface area contributed by atoms with Gasteiger partial charge >= 0.3 is 0 Å². The van der Waals surface area contributed by atoms with Crippen molar-refractivity contribution in [1.82, 2.24) is 0 Å². The van der Waals surface area contributed by atoms with Gasteiger partial charge in [0.25, 0.3) is 5.91 Å². The minimum Gasteiger partial charge on any atom is -0.496 e. The number of ether oxygens (including phenoxy) is 1. The van der Waals surface area contributed by atoms with Gasteiger partial charge in [-0.1, -0.05) is 11.6 Å². The predicted octanol–water partition coefficient (Wildman–Crippen LogP) is 4.50. The molecule has 0 spiro atoms. The highest BCUT2D eigenvalue weighted by molar-refractivity contribution is 9.10. The number of carbonyl (C=O) groups is 1. The zero-order valence-electron chi connectivity index (χ0n) is 10.4.